The number of carbonyl (C=O) groups excluding carboxylic acids is 1. The second-order valence-corrected chi connectivity index (χ2v) is 4.27. The van der Waals surface area contributed by atoms with Crippen molar-refractivity contribution < 1.29 is 14.7 Å². The van der Waals surface area contributed by atoms with E-state index >= 15 is 0 Å². The Morgan fingerprint density at radius 2 is 2.05 bits per heavy atom. The molecule has 3 N–H and O–H groups in total. The SMILES string of the molecule is CN(C)CCNC(=O)NCc1ccc(C(=O)O)nc1. The molecule has 7 heteroatoms. The molecule has 0 aliphatic carbocycles. The van der Waals surface area contributed by atoms with Crippen molar-refractivity contribution in [1.29, 1.82) is 0 Å². The number of nitrogens with one attached hydrogen (secondary N) is 2. The maximum absolute atomic E-state index is 11.4. The molecule has 1 aromatic heterocycles. The first-order valence-corrected chi connectivity index (χ1v) is 5.83. The zero-order valence-electron chi connectivity index (χ0n) is 11.0. The van der Waals surface area contributed by atoms with Crippen LogP contribution in [0.25, 0.3) is 0 Å². The van der Waals surface area contributed by atoms with Crippen LogP contribution in [-0.4, -0.2) is 54.2 Å². The average molecular weight is 266 g/mol. The Morgan fingerprint density at radius 1 is 1.32 bits per heavy atom. The molecule has 0 atom stereocenters. The quantitative estimate of drug-likeness (QED) is 0.681. The first-order chi connectivity index (χ1) is 8.99. The minimum Gasteiger partial charge on any atom is -0.477 e. The lowest BCUT2D eigenvalue weighted by atomic mass is 10.2. The van der Waals surface area contributed by atoms with E-state index < -0.39 is 5.97 Å². The van der Waals surface area contributed by atoms with Gasteiger partial charge in [-0.15, -0.1) is 0 Å². The van der Waals surface area contributed by atoms with E-state index in [0.717, 1.165) is 12.1 Å². The van der Waals surface area contributed by atoms with E-state index in [9.17, 15) is 9.59 Å². The van der Waals surface area contributed by atoms with Crippen molar-refractivity contribution in [3.05, 3.63) is 29.6 Å². The molecule has 0 bridgehead atoms. The largest absolute Gasteiger partial charge is 0.477 e. The van der Waals surface area contributed by atoms with Gasteiger partial charge in [-0.3, -0.25) is 0 Å². The summed E-state index contributed by atoms with van der Waals surface area (Å²) < 4.78 is 0. The highest BCUT2D eigenvalue weighted by molar-refractivity contribution is 5.85. The number of amides is 2. The number of carbonyl (C=O) groups is 2. The molecular weight excluding hydrogens is 248 g/mol. The van der Waals surface area contributed by atoms with Gasteiger partial charge in [-0.05, 0) is 25.7 Å². The molecule has 1 heterocycles. The topological polar surface area (TPSA) is 94.6 Å². The maximum atomic E-state index is 11.4. The fraction of sp³-hybridized carbons (Fsp3) is 0.417. The summed E-state index contributed by atoms with van der Waals surface area (Å²) in [4.78, 5) is 27.8. The van der Waals surface area contributed by atoms with Gasteiger partial charge in [0.1, 0.15) is 5.69 Å². The van der Waals surface area contributed by atoms with Gasteiger partial charge >= 0.3 is 12.0 Å². The molecule has 19 heavy (non-hydrogen) atoms. The molecule has 0 aliphatic heterocycles. The van der Waals surface area contributed by atoms with E-state index in [4.69, 9.17) is 5.11 Å². The fourth-order valence-corrected chi connectivity index (χ4v) is 1.29. The first kappa shape index (κ1) is 14.9. The minimum absolute atomic E-state index is 0.0146. The summed E-state index contributed by atoms with van der Waals surface area (Å²) in [6, 6.07) is 2.77. The van der Waals surface area contributed by atoms with E-state index in [0.29, 0.717) is 13.1 Å². The summed E-state index contributed by atoms with van der Waals surface area (Å²) >= 11 is 0. The van der Waals surface area contributed by atoms with Crippen molar-refractivity contribution >= 4 is 12.0 Å². The summed E-state index contributed by atoms with van der Waals surface area (Å²) in [7, 11) is 3.85. The zero-order chi connectivity index (χ0) is 14.3. The van der Waals surface area contributed by atoms with Gasteiger partial charge in [-0.1, -0.05) is 6.07 Å². The number of likely N-dealkylation sites (N-methyl/N-ethyl adjacent to an activating group) is 1. The maximum Gasteiger partial charge on any atom is 0.354 e. The van der Waals surface area contributed by atoms with E-state index in [1.165, 1.54) is 12.3 Å². The summed E-state index contributed by atoms with van der Waals surface area (Å²) in [5, 5.41) is 14.1. The highest BCUT2D eigenvalue weighted by Crippen LogP contribution is 1.99. The van der Waals surface area contributed by atoms with Crippen LogP contribution in [0.15, 0.2) is 18.3 Å². The smallest absolute Gasteiger partial charge is 0.354 e. The molecule has 1 aromatic rings. The normalized spacial score (nSPS) is 10.3. The third-order valence-corrected chi connectivity index (χ3v) is 2.34. The van der Waals surface area contributed by atoms with Gasteiger partial charge < -0.3 is 20.6 Å². The van der Waals surface area contributed by atoms with Gasteiger partial charge in [0.2, 0.25) is 0 Å². The van der Waals surface area contributed by atoms with Crippen LogP contribution in [-0.2, 0) is 6.54 Å². The summed E-state index contributed by atoms with van der Waals surface area (Å²) in [5.74, 6) is -1.07. The van der Waals surface area contributed by atoms with Crippen LogP contribution in [0.5, 0.6) is 0 Å². The molecule has 0 unspecified atom stereocenters. The molecule has 1 rings (SSSR count). The van der Waals surface area contributed by atoms with Crippen molar-refractivity contribution in [2.45, 2.75) is 6.54 Å². The van der Waals surface area contributed by atoms with Gasteiger partial charge in [-0.25, -0.2) is 14.6 Å². The van der Waals surface area contributed by atoms with Crippen LogP contribution in [0, 0.1) is 0 Å². The Hall–Kier alpha value is -2.15. The van der Waals surface area contributed by atoms with Gasteiger partial charge in [0.05, 0.1) is 0 Å². The number of aromatic carboxylic acids is 1. The predicted molar refractivity (Wildman–Crippen MR) is 70.0 cm³/mol. The standard InChI is InChI=1S/C12H18N4O3/c1-16(2)6-5-13-12(19)15-8-9-3-4-10(11(17)18)14-7-9/h3-4,7H,5-6,8H2,1-2H3,(H,17,18)(H2,13,15,19). The molecule has 7 nitrogen and oxygen atoms in total. The third-order valence-electron chi connectivity index (χ3n) is 2.34. The van der Waals surface area contributed by atoms with Crippen molar-refractivity contribution in [3.63, 3.8) is 0 Å². The Kier molecular flexibility index (Phi) is 5.74. The predicted octanol–water partition coefficient (Wildman–Crippen LogP) is 0.141. The van der Waals surface area contributed by atoms with Crippen LogP contribution in [0.1, 0.15) is 16.1 Å². The molecule has 0 saturated carbocycles. The van der Waals surface area contributed by atoms with Crippen LogP contribution in [0.4, 0.5) is 4.79 Å². The number of hydrogen-bond acceptors (Lipinski definition) is 4. The molecule has 104 valence electrons. The third kappa shape index (κ3) is 5.82. The Balaban J connectivity index is 2.32. The van der Waals surface area contributed by atoms with E-state index in [1.54, 1.807) is 6.07 Å². The lowest BCUT2D eigenvalue weighted by Crippen LogP contribution is -2.38. The molecule has 0 spiro atoms. The second kappa shape index (κ2) is 7.32. The zero-order valence-corrected chi connectivity index (χ0v) is 11.0. The highest BCUT2D eigenvalue weighted by Gasteiger charge is 2.04. The van der Waals surface area contributed by atoms with Gasteiger partial charge in [0.25, 0.3) is 0 Å². The van der Waals surface area contributed by atoms with Crippen LogP contribution < -0.4 is 10.6 Å². The van der Waals surface area contributed by atoms with E-state index in [-0.39, 0.29) is 11.7 Å². The molecule has 0 aliphatic rings. The Bertz CT molecular complexity index is 431. The van der Waals surface area contributed by atoms with Gasteiger partial charge in [-0.2, -0.15) is 0 Å². The van der Waals surface area contributed by atoms with Gasteiger partial charge in [0.15, 0.2) is 0 Å². The molecular formula is C12H18N4O3. The van der Waals surface area contributed by atoms with Crippen molar-refractivity contribution in [2.24, 2.45) is 0 Å². The number of rotatable bonds is 6. The second-order valence-electron chi connectivity index (χ2n) is 4.27. The molecule has 2 amide bonds. The van der Waals surface area contributed by atoms with Crippen molar-refractivity contribution in [1.82, 2.24) is 20.5 Å². The number of carboxylic acid groups (broad SMARTS) is 1. The number of aromatic nitrogens is 1. The fourth-order valence-electron chi connectivity index (χ4n) is 1.29. The summed E-state index contributed by atoms with van der Waals surface area (Å²) in [6.45, 7) is 1.64. The van der Waals surface area contributed by atoms with Crippen LogP contribution in [0.3, 0.4) is 0 Å². The molecule has 0 aromatic carbocycles. The first-order valence-electron chi connectivity index (χ1n) is 5.83. The van der Waals surface area contributed by atoms with E-state index in [2.05, 4.69) is 15.6 Å². The highest BCUT2D eigenvalue weighted by atomic mass is 16.4. The number of pyridine rings is 1. The Morgan fingerprint density at radius 3 is 2.58 bits per heavy atom. The summed E-state index contributed by atoms with van der Waals surface area (Å²) in [6.07, 6.45) is 1.43. The average Bonchev–Trinajstić information content (AvgIpc) is 2.36. The minimum atomic E-state index is -1.07. The van der Waals surface area contributed by atoms with E-state index in [1.807, 2.05) is 19.0 Å². The number of carboxylic acids is 1. The van der Waals surface area contributed by atoms with Gasteiger partial charge in [0, 0.05) is 25.8 Å². The van der Waals surface area contributed by atoms with Crippen molar-refractivity contribution in [3.8, 4) is 0 Å². The molecule has 0 radical (unpaired) electrons. The lowest BCUT2D eigenvalue weighted by Gasteiger charge is -2.11. The lowest BCUT2D eigenvalue weighted by molar-refractivity contribution is 0.0690. The number of urea groups is 1. The van der Waals surface area contributed by atoms with Crippen LogP contribution in [0.2, 0.25) is 0 Å². The number of nitrogens with zero attached hydrogens (tertiary/aromatic N) is 2. The molecule has 0 saturated heterocycles. The Labute approximate surface area is 111 Å². The number of hydrogen-bond donors (Lipinski definition) is 3. The monoisotopic (exact) mass is 266 g/mol. The molecule has 0 fully saturated rings. The van der Waals surface area contributed by atoms with Crippen LogP contribution >= 0.6 is 0 Å². The van der Waals surface area contributed by atoms with Crippen molar-refractivity contribution in [2.75, 3.05) is 27.2 Å². The summed E-state index contributed by atoms with van der Waals surface area (Å²) in [5.41, 5.74) is 0.729.